The van der Waals surface area contributed by atoms with Gasteiger partial charge < -0.3 is 15.0 Å². The molecule has 0 saturated heterocycles. The van der Waals surface area contributed by atoms with Crippen LogP contribution in [0, 0.1) is 5.41 Å². The molecule has 1 N–H and O–H groups in total. The van der Waals surface area contributed by atoms with Gasteiger partial charge in [0.25, 0.3) is 5.19 Å². The van der Waals surface area contributed by atoms with Crippen molar-refractivity contribution >= 4 is 17.2 Å². The van der Waals surface area contributed by atoms with Crippen LogP contribution in [0.2, 0.25) is 0 Å². The molecule has 1 aliphatic heterocycles. The van der Waals surface area contributed by atoms with Crippen molar-refractivity contribution in [3.8, 4) is 5.19 Å². The summed E-state index contributed by atoms with van der Waals surface area (Å²) in [5.41, 5.74) is 3.22. The van der Waals surface area contributed by atoms with E-state index in [-0.39, 0.29) is 29.0 Å². The van der Waals surface area contributed by atoms with E-state index >= 15 is 0 Å². The lowest BCUT2D eigenvalue weighted by Crippen LogP contribution is -2.36. The van der Waals surface area contributed by atoms with Crippen molar-refractivity contribution in [1.29, 1.82) is 0 Å². The summed E-state index contributed by atoms with van der Waals surface area (Å²) in [7, 11) is 1.74. The first-order valence-electron chi connectivity index (χ1n) is 13.3. The molecule has 6 rings (SSSR count). The smallest absolute Gasteiger partial charge is 0.309 e. The molecule has 0 radical (unpaired) electrons. The molecule has 3 aliphatic carbocycles. The Morgan fingerprint density at radius 1 is 1.29 bits per heavy atom. The zero-order valence-electron chi connectivity index (χ0n) is 21.7. The molecule has 2 bridgehead atoms. The molecule has 2 aromatic heterocycles. The molecular weight excluding hydrogens is 517 g/mol. The van der Waals surface area contributed by atoms with Gasteiger partial charge in [-0.05, 0) is 56.9 Å². The van der Waals surface area contributed by atoms with Crippen molar-refractivity contribution in [3.05, 3.63) is 34.1 Å². The van der Waals surface area contributed by atoms with Crippen LogP contribution in [0.5, 0.6) is 5.19 Å². The van der Waals surface area contributed by atoms with Crippen LogP contribution in [0.25, 0.3) is 0 Å². The number of alkyl halides is 3. The van der Waals surface area contributed by atoms with Gasteiger partial charge in [-0.15, -0.1) is 0 Å². The highest BCUT2D eigenvalue weighted by atomic mass is 32.1. The molecule has 1 unspecified atom stereocenters. The van der Waals surface area contributed by atoms with Gasteiger partial charge in [0.15, 0.2) is 13.3 Å². The minimum Gasteiger partial charge on any atom is -0.464 e. The van der Waals surface area contributed by atoms with Crippen LogP contribution in [0.3, 0.4) is 0 Å². The fraction of sp³-hybridized carbons (Fsp3) is 0.692. The SMILES string of the molecule is Cn1ncc(CC(=O)N[C@H]2CCC3(CCN4CCc5nc(OCC(F)(F)CF)sc5CC4)CC=C2CC3)n1. The molecule has 1 fully saturated rings. The monoisotopic (exact) mass is 552 g/mol. The maximum absolute atomic E-state index is 13.2. The molecule has 38 heavy (non-hydrogen) atoms. The van der Waals surface area contributed by atoms with Gasteiger partial charge in [0, 0.05) is 31.4 Å². The average molecular weight is 553 g/mol. The van der Waals surface area contributed by atoms with Gasteiger partial charge in [-0.1, -0.05) is 23.0 Å². The fourth-order valence-corrected chi connectivity index (χ4v) is 6.75. The number of carbonyl (C=O) groups is 1. The van der Waals surface area contributed by atoms with Crippen LogP contribution in [0.15, 0.2) is 17.8 Å². The Bertz CT molecular complexity index is 1140. The van der Waals surface area contributed by atoms with Gasteiger partial charge in [-0.2, -0.15) is 23.8 Å². The summed E-state index contributed by atoms with van der Waals surface area (Å²) in [4.78, 5) is 22.0. The summed E-state index contributed by atoms with van der Waals surface area (Å²) in [6, 6.07) is 0.102. The molecule has 2 aromatic rings. The Morgan fingerprint density at radius 3 is 2.87 bits per heavy atom. The van der Waals surface area contributed by atoms with E-state index in [2.05, 4.69) is 31.5 Å². The fourth-order valence-electron chi connectivity index (χ4n) is 5.81. The Morgan fingerprint density at radius 2 is 2.13 bits per heavy atom. The molecular formula is C26H35F3N6O2S. The second kappa shape index (κ2) is 11.3. The average Bonchev–Trinajstić information content (AvgIpc) is 3.33. The largest absolute Gasteiger partial charge is 0.464 e. The van der Waals surface area contributed by atoms with E-state index in [1.54, 1.807) is 13.2 Å². The number of aromatic nitrogens is 4. The van der Waals surface area contributed by atoms with Gasteiger partial charge in [-0.25, -0.2) is 9.37 Å². The highest BCUT2D eigenvalue weighted by Gasteiger charge is 2.38. The maximum Gasteiger partial charge on any atom is 0.309 e. The van der Waals surface area contributed by atoms with Crippen LogP contribution in [-0.4, -0.2) is 75.7 Å². The summed E-state index contributed by atoms with van der Waals surface area (Å²) in [6.45, 7) is 0.0633. The molecule has 3 heterocycles. The first-order chi connectivity index (χ1) is 18.2. The minimum atomic E-state index is -3.48. The Balaban J connectivity index is 1.09. The van der Waals surface area contributed by atoms with Crippen molar-refractivity contribution < 1.29 is 22.7 Å². The topological polar surface area (TPSA) is 85.2 Å². The zero-order valence-corrected chi connectivity index (χ0v) is 22.5. The number of halogens is 3. The molecule has 0 aromatic carbocycles. The second-order valence-electron chi connectivity index (χ2n) is 10.9. The first kappa shape index (κ1) is 27.1. The number of carbonyl (C=O) groups excluding carboxylic acids is 1. The highest BCUT2D eigenvalue weighted by molar-refractivity contribution is 7.13. The number of nitrogens with one attached hydrogen (secondary N) is 1. The number of rotatable bonds is 10. The molecule has 208 valence electrons. The van der Waals surface area contributed by atoms with E-state index < -0.39 is 19.2 Å². The van der Waals surface area contributed by atoms with Gasteiger partial charge in [0.1, 0.15) is 0 Å². The van der Waals surface area contributed by atoms with Crippen molar-refractivity contribution in [2.75, 3.05) is 32.9 Å². The molecule has 1 saturated carbocycles. The predicted molar refractivity (Wildman–Crippen MR) is 137 cm³/mol. The van der Waals surface area contributed by atoms with Gasteiger partial charge in [0.05, 0.1) is 30.0 Å². The first-order valence-corrected chi connectivity index (χ1v) is 14.2. The summed E-state index contributed by atoms with van der Waals surface area (Å²) < 4.78 is 43.8. The van der Waals surface area contributed by atoms with Crippen molar-refractivity contribution in [2.45, 2.75) is 69.8 Å². The summed E-state index contributed by atoms with van der Waals surface area (Å²) in [5, 5.41) is 11.7. The molecule has 0 spiro atoms. The van der Waals surface area contributed by atoms with Crippen molar-refractivity contribution in [1.82, 2.24) is 30.2 Å². The van der Waals surface area contributed by atoms with E-state index in [1.807, 2.05) is 0 Å². The molecule has 12 heteroatoms. The third kappa shape index (κ3) is 6.56. The Kier molecular flexibility index (Phi) is 8.08. The van der Waals surface area contributed by atoms with Gasteiger partial charge in [0.2, 0.25) is 5.91 Å². The zero-order chi connectivity index (χ0) is 26.8. The number of nitrogens with zero attached hydrogens (tertiary/aromatic N) is 5. The van der Waals surface area contributed by atoms with Crippen LogP contribution in [0.4, 0.5) is 13.2 Å². The van der Waals surface area contributed by atoms with E-state index in [0.717, 1.165) is 81.6 Å². The number of thiazole rings is 1. The third-order valence-corrected chi connectivity index (χ3v) is 9.19. The number of fused-ring (bicyclic) bond motifs is 5. The number of allylic oxidation sites excluding steroid dienone is 1. The lowest BCUT2D eigenvalue weighted by molar-refractivity contribution is -0.121. The molecule has 2 atom stereocenters. The Hall–Kier alpha value is -2.47. The normalized spacial score (nSPS) is 23.9. The van der Waals surface area contributed by atoms with Crippen LogP contribution < -0.4 is 10.1 Å². The molecule has 8 nitrogen and oxygen atoms in total. The van der Waals surface area contributed by atoms with Crippen LogP contribution in [0.1, 0.15) is 54.8 Å². The Labute approximate surface area is 224 Å². The number of hydrogen-bond donors (Lipinski definition) is 1. The molecule has 4 aliphatic rings. The predicted octanol–water partition coefficient (Wildman–Crippen LogP) is 3.66. The van der Waals surface area contributed by atoms with Crippen molar-refractivity contribution in [3.63, 3.8) is 0 Å². The third-order valence-electron chi connectivity index (χ3n) is 8.12. The standard InChI is InChI=1S/C26H35F3N6O2S/c1-34-30-15-19(33-34)14-23(36)31-20-4-9-25(7-2-18(20)3-8-25)10-13-35-11-5-21-22(6-12-35)38-24(32-21)37-17-26(28,29)16-27/h2,15,20H,3-14,16-17H2,1H3,(H,31,36)/t20-,25?/m0/s1. The van der Waals surface area contributed by atoms with E-state index in [1.165, 1.54) is 21.7 Å². The highest BCUT2D eigenvalue weighted by Crippen LogP contribution is 2.47. The second-order valence-corrected chi connectivity index (χ2v) is 11.9. The number of aryl methyl sites for hydroxylation is 1. The van der Waals surface area contributed by atoms with Crippen molar-refractivity contribution in [2.24, 2.45) is 12.5 Å². The van der Waals surface area contributed by atoms with E-state index in [0.29, 0.717) is 5.69 Å². The van der Waals surface area contributed by atoms with E-state index in [9.17, 15) is 18.0 Å². The van der Waals surface area contributed by atoms with Gasteiger partial charge in [-0.3, -0.25) is 4.79 Å². The summed E-state index contributed by atoms with van der Waals surface area (Å²) in [5.74, 6) is -3.49. The maximum atomic E-state index is 13.2. The lowest BCUT2D eigenvalue weighted by Gasteiger charge is -2.36. The quantitative estimate of drug-likeness (QED) is 0.453. The summed E-state index contributed by atoms with van der Waals surface area (Å²) in [6.07, 6.45) is 12.2. The summed E-state index contributed by atoms with van der Waals surface area (Å²) >= 11 is 1.30. The number of hydrogen-bond acceptors (Lipinski definition) is 7. The molecule has 1 amide bonds. The number of amides is 1. The minimum absolute atomic E-state index is 0.00822. The lowest BCUT2D eigenvalue weighted by atomic mass is 9.72. The van der Waals surface area contributed by atoms with Gasteiger partial charge >= 0.3 is 5.92 Å². The van der Waals surface area contributed by atoms with Crippen LogP contribution >= 0.6 is 11.3 Å². The van der Waals surface area contributed by atoms with E-state index in [4.69, 9.17) is 4.74 Å². The number of ether oxygens (including phenoxy) is 1. The van der Waals surface area contributed by atoms with Crippen LogP contribution in [-0.2, 0) is 31.1 Å².